The summed E-state index contributed by atoms with van der Waals surface area (Å²) in [6.07, 6.45) is 3.69. The van der Waals surface area contributed by atoms with Gasteiger partial charge in [0.25, 0.3) is 5.91 Å². The molecule has 1 aromatic carbocycles. The van der Waals surface area contributed by atoms with Crippen molar-refractivity contribution in [2.24, 2.45) is 0 Å². The third-order valence-corrected chi connectivity index (χ3v) is 3.57. The predicted molar refractivity (Wildman–Crippen MR) is 91.0 cm³/mol. The van der Waals surface area contributed by atoms with Gasteiger partial charge in [-0.05, 0) is 37.1 Å². The first-order chi connectivity index (χ1) is 11.1. The SMILES string of the molecule is CCCCCC[C@H](OC(=O)CCl)C(=O)Nc1ccc(OC)cc1. The Morgan fingerprint density at radius 1 is 1.17 bits per heavy atom. The molecule has 0 aromatic heterocycles. The van der Waals surface area contributed by atoms with E-state index in [0.717, 1.165) is 25.7 Å². The second-order valence-corrected chi connectivity index (χ2v) is 5.45. The van der Waals surface area contributed by atoms with Gasteiger partial charge in [-0.3, -0.25) is 9.59 Å². The van der Waals surface area contributed by atoms with Crippen molar-refractivity contribution in [3.8, 4) is 5.75 Å². The summed E-state index contributed by atoms with van der Waals surface area (Å²) in [5.41, 5.74) is 0.622. The van der Waals surface area contributed by atoms with Gasteiger partial charge >= 0.3 is 5.97 Å². The number of methoxy groups -OCH3 is 1. The number of esters is 1. The van der Waals surface area contributed by atoms with Crippen molar-refractivity contribution >= 4 is 29.2 Å². The number of alkyl halides is 1. The van der Waals surface area contributed by atoms with Crippen LogP contribution >= 0.6 is 11.6 Å². The molecule has 1 N–H and O–H groups in total. The van der Waals surface area contributed by atoms with Crippen molar-refractivity contribution in [3.05, 3.63) is 24.3 Å². The third-order valence-electron chi connectivity index (χ3n) is 3.35. The summed E-state index contributed by atoms with van der Waals surface area (Å²) in [7, 11) is 1.57. The molecule has 0 bridgehead atoms. The number of carbonyl (C=O) groups is 2. The second-order valence-electron chi connectivity index (χ2n) is 5.18. The van der Waals surface area contributed by atoms with E-state index in [2.05, 4.69) is 12.2 Å². The van der Waals surface area contributed by atoms with Crippen LogP contribution in [0.2, 0.25) is 0 Å². The molecule has 0 aliphatic rings. The first-order valence-corrected chi connectivity index (χ1v) is 8.34. The van der Waals surface area contributed by atoms with Crippen molar-refractivity contribution in [1.82, 2.24) is 0 Å². The molecule has 0 unspecified atom stereocenters. The molecule has 23 heavy (non-hydrogen) atoms. The molecule has 0 saturated heterocycles. The van der Waals surface area contributed by atoms with Crippen LogP contribution in [0, 0.1) is 0 Å². The summed E-state index contributed by atoms with van der Waals surface area (Å²) in [5.74, 6) is -0.490. The molecule has 0 fully saturated rings. The lowest BCUT2D eigenvalue weighted by molar-refractivity contribution is -0.152. The summed E-state index contributed by atoms with van der Waals surface area (Å²) >= 11 is 5.46. The van der Waals surface area contributed by atoms with Crippen molar-refractivity contribution < 1.29 is 19.1 Å². The smallest absolute Gasteiger partial charge is 0.321 e. The Bertz CT molecular complexity index is 490. The first-order valence-electron chi connectivity index (χ1n) is 7.81. The number of carbonyl (C=O) groups excluding carboxylic acids is 2. The average Bonchev–Trinajstić information content (AvgIpc) is 2.57. The molecule has 128 valence electrons. The minimum Gasteiger partial charge on any atom is -0.497 e. The fraction of sp³-hybridized carbons (Fsp3) is 0.529. The number of halogens is 1. The van der Waals surface area contributed by atoms with Crippen molar-refractivity contribution in [2.75, 3.05) is 18.3 Å². The summed E-state index contributed by atoms with van der Waals surface area (Å²) < 4.78 is 10.2. The standard InChI is InChI=1S/C17H24ClNO4/c1-3-4-5-6-7-15(23-16(20)12-18)17(21)19-13-8-10-14(22-2)11-9-13/h8-11,15H,3-7,12H2,1-2H3,(H,19,21)/t15-/m0/s1. The molecule has 1 rings (SSSR count). The van der Waals surface area contributed by atoms with E-state index in [1.54, 1.807) is 31.4 Å². The third kappa shape index (κ3) is 7.37. The number of hydrogen-bond donors (Lipinski definition) is 1. The van der Waals surface area contributed by atoms with Crippen LogP contribution in [0.25, 0.3) is 0 Å². The minimum absolute atomic E-state index is 0.263. The molecule has 0 aliphatic heterocycles. The molecule has 0 aliphatic carbocycles. The largest absolute Gasteiger partial charge is 0.497 e. The highest BCUT2D eigenvalue weighted by atomic mass is 35.5. The van der Waals surface area contributed by atoms with Crippen molar-refractivity contribution in [1.29, 1.82) is 0 Å². The number of unbranched alkanes of at least 4 members (excludes halogenated alkanes) is 3. The second kappa shape index (κ2) is 10.9. The highest BCUT2D eigenvalue weighted by Crippen LogP contribution is 2.17. The van der Waals surface area contributed by atoms with Crippen LogP contribution in [0.3, 0.4) is 0 Å². The summed E-state index contributed by atoms with van der Waals surface area (Å²) in [6.45, 7) is 2.11. The Labute approximate surface area is 142 Å². The van der Waals surface area contributed by atoms with Crippen molar-refractivity contribution in [3.63, 3.8) is 0 Å². The zero-order chi connectivity index (χ0) is 17.1. The Hall–Kier alpha value is -1.75. The molecule has 0 heterocycles. The first kappa shape index (κ1) is 19.3. The van der Waals surface area contributed by atoms with Crippen LogP contribution in [0.5, 0.6) is 5.75 Å². The maximum absolute atomic E-state index is 12.3. The highest BCUT2D eigenvalue weighted by molar-refractivity contribution is 6.26. The van der Waals surface area contributed by atoms with Crippen LogP contribution in [-0.4, -0.2) is 31.0 Å². The van der Waals surface area contributed by atoms with Crippen LogP contribution < -0.4 is 10.1 Å². The molecular weight excluding hydrogens is 318 g/mol. The molecule has 0 saturated carbocycles. The van der Waals surface area contributed by atoms with Gasteiger partial charge in [0.15, 0.2) is 6.10 Å². The number of benzene rings is 1. The zero-order valence-corrected chi connectivity index (χ0v) is 14.4. The van der Waals surface area contributed by atoms with Gasteiger partial charge in [-0.25, -0.2) is 0 Å². The Morgan fingerprint density at radius 2 is 1.87 bits per heavy atom. The normalized spacial score (nSPS) is 11.6. The Kier molecular flexibility index (Phi) is 9.14. The quantitative estimate of drug-likeness (QED) is 0.400. The van der Waals surface area contributed by atoms with E-state index in [-0.39, 0.29) is 11.8 Å². The number of rotatable bonds is 10. The van der Waals surface area contributed by atoms with Crippen molar-refractivity contribution in [2.45, 2.75) is 45.1 Å². The van der Waals surface area contributed by atoms with Gasteiger partial charge in [0, 0.05) is 5.69 Å². The van der Waals surface area contributed by atoms with Crippen LogP contribution in [-0.2, 0) is 14.3 Å². The van der Waals surface area contributed by atoms with Gasteiger partial charge in [-0.2, -0.15) is 0 Å². The molecular formula is C17H24ClNO4. The monoisotopic (exact) mass is 341 g/mol. The van der Waals surface area contributed by atoms with Crippen LogP contribution in [0.15, 0.2) is 24.3 Å². The molecule has 6 heteroatoms. The molecule has 1 aromatic rings. The number of anilines is 1. The van der Waals surface area contributed by atoms with E-state index in [9.17, 15) is 9.59 Å². The number of hydrogen-bond acceptors (Lipinski definition) is 4. The maximum atomic E-state index is 12.3. The summed E-state index contributed by atoms with van der Waals surface area (Å²) in [6, 6.07) is 6.95. The molecule has 5 nitrogen and oxygen atoms in total. The van der Waals surface area contributed by atoms with E-state index in [1.165, 1.54) is 0 Å². The number of nitrogens with one attached hydrogen (secondary N) is 1. The summed E-state index contributed by atoms with van der Waals surface area (Å²) in [4.78, 5) is 23.7. The molecule has 0 spiro atoms. The Balaban J connectivity index is 2.62. The average molecular weight is 342 g/mol. The minimum atomic E-state index is -0.819. The van der Waals surface area contributed by atoms with E-state index in [4.69, 9.17) is 21.1 Å². The van der Waals surface area contributed by atoms with Gasteiger partial charge in [-0.1, -0.05) is 26.2 Å². The topological polar surface area (TPSA) is 64.6 Å². The fourth-order valence-corrected chi connectivity index (χ4v) is 2.15. The fourth-order valence-electron chi connectivity index (χ4n) is 2.09. The highest BCUT2D eigenvalue weighted by Gasteiger charge is 2.22. The van der Waals surface area contributed by atoms with E-state index < -0.39 is 12.1 Å². The zero-order valence-electron chi connectivity index (χ0n) is 13.6. The lowest BCUT2D eigenvalue weighted by atomic mass is 10.1. The van der Waals surface area contributed by atoms with E-state index in [1.807, 2.05) is 0 Å². The predicted octanol–water partition coefficient (Wildman–Crippen LogP) is 3.75. The maximum Gasteiger partial charge on any atom is 0.321 e. The van der Waals surface area contributed by atoms with Crippen LogP contribution in [0.4, 0.5) is 5.69 Å². The number of ether oxygens (including phenoxy) is 2. The van der Waals surface area contributed by atoms with Gasteiger partial charge in [0.2, 0.25) is 0 Å². The van der Waals surface area contributed by atoms with Gasteiger partial charge in [0.05, 0.1) is 7.11 Å². The van der Waals surface area contributed by atoms with E-state index in [0.29, 0.717) is 17.9 Å². The van der Waals surface area contributed by atoms with Gasteiger partial charge in [0.1, 0.15) is 11.6 Å². The van der Waals surface area contributed by atoms with E-state index >= 15 is 0 Å². The Morgan fingerprint density at radius 3 is 2.43 bits per heavy atom. The molecule has 1 amide bonds. The molecule has 0 radical (unpaired) electrons. The van der Waals surface area contributed by atoms with Gasteiger partial charge in [-0.15, -0.1) is 11.6 Å². The lowest BCUT2D eigenvalue weighted by Gasteiger charge is -2.17. The number of amides is 1. The summed E-state index contributed by atoms with van der Waals surface area (Å²) in [5, 5.41) is 2.75. The van der Waals surface area contributed by atoms with Gasteiger partial charge < -0.3 is 14.8 Å². The lowest BCUT2D eigenvalue weighted by Crippen LogP contribution is -2.33. The van der Waals surface area contributed by atoms with Crippen LogP contribution in [0.1, 0.15) is 39.0 Å². The molecule has 1 atom stereocenters.